The van der Waals surface area contributed by atoms with Gasteiger partial charge in [0.2, 0.25) is 10.0 Å². The zero-order valence-electron chi connectivity index (χ0n) is 10.9. The number of para-hydroxylation sites is 1. The van der Waals surface area contributed by atoms with Gasteiger partial charge in [0.25, 0.3) is 0 Å². The molecule has 1 fully saturated rings. The van der Waals surface area contributed by atoms with Crippen molar-refractivity contribution >= 4 is 15.7 Å². The molecule has 1 aromatic rings. The standard InChI is InChI=1S/C13H20N2O2S/c1-3-14-12-6-4-5-7-13(12)18(16,17)15(2)10-11-8-9-11/h4-7,11,14H,3,8-10H2,1-2H3. The van der Waals surface area contributed by atoms with E-state index in [2.05, 4.69) is 5.32 Å². The van der Waals surface area contributed by atoms with Crippen LogP contribution in [0.1, 0.15) is 19.8 Å². The number of nitrogens with zero attached hydrogens (tertiary/aromatic N) is 1. The van der Waals surface area contributed by atoms with Gasteiger partial charge in [-0.2, -0.15) is 0 Å². The molecule has 1 aromatic carbocycles. The number of nitrogens with one attached hydrogen (secondary N) is 1. The maximum atomic E-state index is 12.5. The van der Waals surface area contributed by atoms with Gasteiger partial charge in [0.1, 0.15) is 4.90 Å². The quantitative estimate of drug-likeness (QED) is 0.860. The van der Waals surface area contributed by atoms with E-state index in [9.17, 15) is 8.42 Å². The Balaban J connectivity index is 2.27. The summed E-state index contributed by atoms with van der Waals surface area (Å²) in [5, 5.41) is 3.10. The van der Waals surface area contributed by atoms with Crippen LogP contribution in [-0.2, 0) is 10.0 Å². The van der Waals surface area contributed by atoms with Crippen LogP contribution in [0.25, 0.3) is 0 Å². The summed E-state index contributed by atoms with van der Waals surface area (Å²) in [7, 11) is -1.71. The smallest absolute Gasteiger partial charge is 0.244 e. The maximum Gasteiger partial charge on any atom is 0.244 e. The molecule has 5 heteroatoms. The second-order valence-corrected chi connectivity index (χ2v) is 6.77. The summed E-state index contributed by atoms with van der Waals surface area (Å²) < 4.78 is 26.4. The van der Waals surface area contributed by atoms with Crippen molar-refractivity contribution in [2.24, 2.45) is 5.92 Å². The van der Waals surface area contributed by atoms with Gasteiger partial charge in [-0.15, -0.1) is 0 Å². The maximum absolute atomic E-state index is 12.5. The number of benzene rings is 1. The summed E-state index contributed by atoms with van der Waals surface area (Å²) in [5.74, 6) is 0.552. The Morgan fingerprint density at radius 2 is 2.00 bits per heavy atom. The summed E-state index contributed by atoms with van der Waals surface area (Å²) in [6, 6.07) is 7.08. The number of anilines is 1. The van der Waals surface area contributed by atoms with Gasteiger partial charge in [-0.1, -0.05) is 12.1 Å². The largest absolute Gasteiger partial charge is 0.384 e. The fourth-order valence-corrected chi connectivity index (χ4v) is 3.37. The van der Waals surface area contributed by atoms with Gasteiger partial charge in [-0.05, 0) is 37.8 Å². The average Bonchev–Trinajstić information content (AvgIpc) is 3.14. The van der Waals surface area contributed by atoms with E-state index in [1.165, 1.54) is 4.31 Å². The minimum absolute atomic E-state index is 0.370. The fraction of sp³-hybridized carbons (Fsp3) is 0.538. The highest BCUT2D eigenvalue weighted by atomic mass is 32.2. The van der Waals surface area contributed by atoms with E-state index in [0.717, 1.165) is 12.8 Å². The molecular weight excluding hydrogens is 248 g/mol. The van der Waals surface area contributed by atoms with E-state index in [0.29, 0.717) is 29.6 Å². The lowest BCUT2D eigenvalue weighted by Crippen LogP contribution is -2.29. The van der Waals surface area contributed by atoms with E-state index in [4.69, 9.17) is 0 Å². The molecule has 0 radical (unpaired) electrons. The second-order valence-electron chi connectivity index (χ2n) is 4.76. The fourth-order valence-electron chi connectivity index (χ4n) is 1.96. The Morgan fingerprint density at radius 3 is 2.61 bits per heavy atom. The van der Waals surface area contributed by atoms with Crippen LogP contribution in [0.4, 0.5) is 5.69 Å². The van der Waals surface area contributed by atoms with Gasteiger partial charge in [-0.3, -0.25) is 0 Å². The molecule has 1 aliphatic carbocycles. The third-order valence-electron chi connectivity index (χ3n) is 3.15. The lowest BCUT2D eigenvalue weighted by Gasteiger charge is -2.19. The van der Waals surface area contributed by atoms with Crippen molar-refractivity contribution in [1.29, 1.82) is 0 Å². The minimum atomic E-state index is -3.38. The van der Waals surface area contributed by atoms with Crippen molar-refractivity contribution in [2.75, 3.05) is 25.5 Å². The Bertz CT molecular complexity index is 509. The Morgan fingerprint density at radius 1 is 1.33 bits per heavy atom. The molecule has 1 N–H and O–H groups in total. The predicted molar refractivity (Wildman–Crippen MR) is 73.1 cm³/mol. The summed E-state index contributed by atoms with van der Waals surface area (Å²) in [5.41, 5.74) is 0.683. The minimum Gasteiger partial charge on any atom is -0.384 e. The highest BCUT2D eigenvalue weighted by molar-refractivity contribution is 7.89. The molecule has 100 valence electrons. The Labute approximate surface area is 109 Å². The van der Waals surface area contributed by atoms with Gasteiger partial charge >= 0.3 is 0 Å². The lowest BCUT2D eigenvalue weighted by atomic mass is 10.3. The zero-order valence-corrected chi connectivity index (χ0v) is 11.7. The summed E-state index contributed by atoms with van der Waals surface area (Å²) >= 11 is 0. The van der Waals surface area contributed by atoms with Crippen LogP contribution >= 0.6 is 0 Å². The molecular formula is C13H20N2O2S. The SMILES string of the molecule is CCNc1ccccc1S(=O)(=O)N(C)CC1CC1. The first-order chi connectivity index (χ1) is 8.55. The normalized spacial score (nSPS) is 15.9. The van der Waals surface area contributed by atoms with Crippen LogP contribution in [0.2, 0.25) is 0 Å². The lowest BCUT2D eigenvalue weighted by molar-refractivity contribution is 0.453. The first kappa shape index (κ1) is 13.4. The molecule has 1 saturated carbocycles. The van der Waals surface area contributed by atoms with Crippen molar-refractivity contribution in [1.82, 2.24) is 4.31 Å². The molecule has 0 atom stereocenters. The van der Waals surface area contributed by atoms with Gasteiger partial charge in [-0.25, -0.2) is 12.7 Å². The van der Waals surface area contributed by atoms with Gasteiger partial charge in [0, 0.05) is 20.1 Å². The molecule has 18 heavy (non-hydrogen) atoms. The van der Waals surface area contributed by atoms with Crippen molar-refractivity contribution in [2.45, 2.75) is 24.7 Å². The van der Waals surface area contributed by atoms with E-state index in [1.807, 2.05) is 13.0 Å². The second kappa shape index (κ2) is 5.28. The highest BCUT2D eigenvalue weighted by Crippen LogP contribution is 2.32. The van der Waals surface area contributed by atoms with Crippen LogP contribution in [0.5, 0.6) is 0 Å². The van der Waals surface area contributed by atoms with Crippen molar-refractivity contribution in [3.63, 3.8) is 0 Å². The zero-order chi connectivity index (χ0) is 13.2. The van der Waals surface area contributed by atoms with Crippen molar-refractivity contribution in [3.8, 4) is 0 Å². The third-order valence-corrected chi connectivity index (χ3v) is 5.04. The molecule has 0 heterocycles. The molecule has 2 rings (SSSR count). The first-order valence-corrected chi connectivity index (χ1v) is 7.79. The van der Waals surface area contributed by atoms with E-state index in [-0.39, 0.29) is 0 Å². The molecule has 0 aromatic heterocycles. The van der Waals surface area contributed by atoms with Crippen LogP contribution in [0.15, 0.2) is 29.2 Å². The molecule has 0 saturated heterocycles. The Hall–Kier alpha value is -1.07. The van der Waals surface area contributed by atoms with Crippen LogP contribution in [0.3, 0.4) is 0 Å². The molecule has 0 amide bonds. The van der Waals surface area contributed by atoms with Crippen LogP contribution < -0.4 is 5.32 Å². The summed E-state index contributed by atoms with van der Waals surface area (Å²) in [6.07, 6.45) is 2.30. The average molecular weight is 268 g/mol. The van der Waals surface area contributed by atoms with E-state index >= 15 is 0 Å². The summed E-state index contributed by atoms with van der Waals surface area (Å²) in [6.45, 7) is 3.29. The first-order valence-electron chi connectivity index (χ1n) is 6.35. The van der Waals surface area contributed by atoms with Gasteiger partial charge in [0.15, 0.2) is 0 Å². The molecule has 0 bridgehead atoms. The highest BCUT2D eigenvalue weighted by Gasteiger charge is 2.30. The number of hydrogen-bond donors (Lipinski definition) is 1. The topological polar surface area (TPSA) is 49.4 Å². The molecule has 0 spiro atoms. The molecule has 1 aliphatic rings. The molecule has 0 aliphatic heterocycles. The number of hydrogen-bond acceptors (Lipinski definition) is 3. The number of rotatable bonds is 6. The Kier molecular flexibility index (Phi) is 3.92. The molecule has 0 unspecified atom stereocenters. The summed E-state index contributed by atoms with van der Waals surface area (Å²) in [4.78, 5) is 0.370. The van der Waals surface area contributed by atoms with Crippen LogP contribution in [0, 0.1) is 5.92 Å². The van der Waals surface area contributed by atoms with E-state index in [1.54, 1.807) is 25.2 Å². The third kappa shape index (κ3) is 2.84. The van der Waals surface area contributed by atoms with Crippen molar-refractivity contribution in [3.05, 3.63) is 24.3 Å². The van der Waals surface area contributed by atoms with Gasteiger partial charge in [0.05, 0.1) is 5.69 Å². The monoisotopic (exact) mass is 268 g/mol. The number of sulfonamides is 1. The molecule has 4 nitrogen and oxygen atoms in total. The van der Waals surface area contributed by atoms with Crippen molar-refractivity contribution < 1.29 is 8.42 Å². The van der Waals surface area contributed by atoms with Gasteiger partial charge < -0.3 is 5.32 Å². The van der Waals surface area contributed by atoms with Crippen LogP contribution in [-0.4, -0.2) is 32.9 Å². The predicted octanol–water partition coefficient (Wildman–Crippen LogP) is 2.15. The van der Waals surface area contributed by atoms with E-state index < -0.39 is 10.0 Å².